The minimum atomic E-state index is 0.722. The number of nitrogens with one attached hydrogen (secondary N) is 1. The minimum absolute atomic E-state index is 0.722. The molecule has 0 atom stereocenters. The van der Waals surface area contributed by atoms with Crippen molar-refractivity contribution in [3.63, 3.8) is 0 Å². The molecule has 10 heavy (non-hydrogen) atoms. The molecule has 4 heteroatoms. The Balaban J connectivity index is 2.15. The highest BCUT2D eigenvalue weighted by molar-refractivity contribution is 7.13. The molecule has 0 aliphatic carbocycles. The number of methoxy groups -OCH3 is 1. The highest BCUT2D eigenvalue weighted by Crippen LogP contribution is 2.08. The molecule has 1 aromatic rings. The molecule has 1 heterocycles. The second-order valence-corrected chi connectivity index (χ2v) is 2.65. The Morgan fingerprint density at radius 2 is 2.70 bits per heavy atom. The third-order valence-corrected chi connectivity index (χ3v) is 1.75. The molecule has 1 N–H and O–H groups in total. The lowest BCUT2D eigenvalue weighted by molar-refractivity contribution is 0.211. The van der Waals surface area contributed by atoms with Crippen LogP contribution in [0.3, 0.4) is 0 Å². The van der Waals surface area contributed by atoms with E-state index in [-0.39, 0.29) is 0 Å². The van der Waals surface area contributed by atoms with Gasteiger partial charge in [-0.3, -0.25) is 0 Å². The van der Waals surface area contributed by atoms with E-state index < -0.39 is 0 Å². The summed E-state index contributed by atoms with van der Waals surface area (Å²) in [6, 6.07) is 0. The third kappa shape index (κ3) is 2.33. The SMILES string of the molecule is COCCNc1nccs1. The lowest BCUT2D eigenvalue weighted by atomic mass is 10.7. The van der Waals surface area contributed by atoms with Crippen molar-refractivity contribution in [3.05, 3.63) is 11.6 Å². The fraction of sp³-hybridized carbons (Fsp3) is 0.500. The predicted molar refractivity (Wildman–Crippen MR) is 42.5 cm³/mol. The molecule has 0 aliphatic heterocycles. The van der Waals surface area contributed by atoms with Gasteiger partial charge in [0.25, 0.3) is 0 Å². The van der Waals surface area contributed by atoms with Crippen molar-refractivity contribution < 1.29 is 4.74 Å². The van der Waals surface area contributed by atoms with Gasteiger partial charge in [-0.15, -0.1) is 11.3 Å². The summed E-state index contributed by atoms with van der Waals surface area (Å²) in [4.78, 5) is 4.04. The van der Waals surface area contributed by atoms with Crippen LogP contribution < -0.4 is 5.32 Å². The van der Waals surface area contributed by atoms with E-state index in [0.29, 0.717) is 0 Å². The number of nitrogens with zero attached hydrogens (tertiary/aromatic N) is 1. The molecule has 0 fully saturated rings. The lowest BCUT2D eigenvalue weighted by Gasteiger charge is -1.98. The zero-order valence-electron chi connectivity index (χ0n) is 5.83. The molecule has 56 valence electrons. The smallest absolute Gasteiger partial charge is 0.182 e. The molecule has 3 nitrogen and oxygen atoms in total. The van der Waals surface area contributed by atoms with Crippen molar-refractivity contribution in [1.82, 2.24) is 4.98 Å². The van der Waals surface area contributed by atoms with Crippen LogP contribution in [0.25, 0.3) is 0 Å². The van der Waals surface area contributed by atoms with E-state index in [1.54, 1.807) is 24.6 Å². The Kier molecular flexibility index (Phi) is 3.18. The first-order valence-electron chi connectivity index (χ1n) is 3.06. The number of rotatable bonds is 4. The van der Waals surface area contributed by atoms with E-state index in [9.17, 15) is 0 Å². The average Bonchev–Trinajstić information content (AvgIpc) is 2.41. The van der Waals surface area contributed by atoms with Gasteiger partial charge in [-0.2, -0.15) is 0 Å². The number of aromatic nitrogens is 1. The monoisotopic (exact) mass is 158 g/mol. The standard InChI is InChI=1S/C6H10N2OS/c1-9-4-2-7-6-8-3-5-10-6/h3,5H,2,4H2,1H3,(H,7,8). The first-order valence-corrected chi connectivity index (χ1v) is 3.94. The van der Waals surface area contributed by atoms with Crippen LogP contribution in [0.4, 0.5) is 5.13 Å². The first kappa shape index (κ1) is 7.50. The van der Waals surface area contributed by atoms with Gasteiger partial charge in [0.05, 0.1) is 6.61 Å². The van der Waals surface area contributed by atoms with Crippen molar-refractivity contribution in [1.29, 1.82) is 0 Å². The molecule has 0 bridgehead atoms. The van der Waals surface area contributed by atoms with Crippen LogP contribution in [-0.2, 0) is 4.74 Å². The summed E-state index contributed by atoms with van der Waals surface area (Å²) in [5.74, 6) is 0. The number of hydrogen-bond donors (Lipinski definition) is 1. The molecule has 0 aliphatic rings. The Bertz CT molecular complexity index is 164. The molecule has 0 spiro atoms. The fourth-order valence-electron chi connectivity index (χ4n) is 0.571. The molecule has 0 saturated carbocycles. The number of hydrogen-bond acceptors (Lipinski definition) is 4. The summed E-state index contributed by atoms with van der Waals surface area (Å²) < 4.78 is 4.85. The normalized spacial score (nSPS) is 9.70. The molecule has 0 aromatic carbocycles. The molecular formula is C6H10N2OS. The predicted octanol–water partition coefficient (Wildman–Crippen LogP) is 1.20. The van der Waals surface area contributed by atoms with Crippen LogP contribution >= 0.6 is 11.3 Å². The van der Waals surface area contributed by atoms with Crippen LogP contribution in [0.2, 0.25) is 0 Å². The molecule has 0 amide bonds. The maximum Gasteiger partial charge on any atom is 0.182 e. The summed E-state index contributed by atoms with van der Waals surface area (Å²) in [5.41, 5.74) is 0. The van der Waals surface area contributed by atoms with E-state index >= 15 is 0 Å². The maximum atomic E-state index is 4.85. The second kappa shape index (κ2) is 4.24. The van der Waals surface area contributed by atoms with Gasteiger partial charge < -0.3 is 10.1 Å². The largest absolute Gasteiger partial charge is 0.383 e. The topological polar surface area (TPSA) is 34.1 Å². The van der Waals surface area contributed by atoms with E-state index in [0.717, 1.165) is 18.3 Å². The van der Waals surface area contributed by atoms with Crippen LogP contribution in [-0.4, -0.2) is 25.2 Å². The molecule has 0 unspecified atom stereocenters. The number of anilines is 1. The van der Waals surface area contributed by atoms with E-state index in [1.165, 1.54) is 0 Å². The van der Waals surface area contributed by atoms with E-state index in [4.69, 9.17) is 4.74 Å². The van der Waals surface area contributed by atoms with Gasteiger partial charge in [-0.05, 0) is 0 Å². The van der Waals surface area contributed by atoms with Crippen LogP contribution in [0, 0.1) is 0 Å². The van der Waals surface area contributed by atoms with Gasteiger partial charge in [0.15, 0.2) is 5.13 Å². The number of thiazole rings is 1. The van der Waals surface area contributed by atoms with Gasteiger partial charge in [0.1, 0.15) is 0 Å². The van der Waals surface area contributed by atoms with Crippen LogP contribution in [0.15, 0.2) is 11.6 Å². The fourth-order valence-corrected chi connectivity index (χ4v) is 1.13. The zero-order valence-corrected chi connectivity index (χ0v) is 6.65. The van der Waals surface area contributed by atoms with Crippen molar-refractivity contribution in [2.45, 2.75) is 0 Å². The molecule has 1 rings (SSSR count). The quantitative estimate of drug-likeness (QED) is 0.668. The minimum Gasteiger partial charge on any atom is -0.383 e. The average molecular weight is 158 g/mol. The van der Waals surface area contributed by atoms with Gasteiger partial charge in [0, 0.05) is 25.2 Å². The van der Waals surface area contributed by atoms with Gasteiger partial charge in [-0.25, -0.2) is 4.98 Å². The van der Waals surface area contributed by atoms with Gasteiger partial charge in [-0.1, -0.05) is 0 Å². The molecule has 0 radical (unpaired) electrons. The van der Waals surface area contributed by atoms with Crippen molar-refractivity contribution in [3.8, 4) is 0 Å². The Morgan fingerprint density at radius 1 is 1.80 bits per heavy atom. The summed E-state index contributed by atoms with van der Waals surface area (Å²) in [7, 11) is 1.68. The lowest BCUT2D eigenvalue weighted by Crippen LogP contribution is -2.06. The van der Waals surface area contributed by atoms with Crippen LogP contribution in [0.1, 0.15) is 0 Å². The third-order valence-electron chi connectivity index (χ3n) is 1.01. The summed E-state index contributed by atoms with van der Waals surface area (Å²) in [5, 5.41) is 6.00. The first-order chi connectivity index (χ1) is 4.93. The maximum absolute atomic E-state index is 4.85. The molecule has 1 aromatic heterocycles. The summed E-state index contributed by atoms with van der Waals surface area (Å²) in [6.07, 6.45) is 1.78. The Labute approximate surface area is 64.0 Å². The van der Waals surface area contributed by atoms with Crippen molar-refractivity contribution >= 4 is 16.5 Å². The summed E-state index contributed by atoms with van der Waals surface area (Å²) in [6.45, 7) is 1.55. The van der Waals surface area contributed by atoms with Crippen molar-refractivity contribution in [2.75, 3.05) is 25.6 Å². The zero-order chi connectivity index (χ0) is 7.23. The highest BCUT2D eigenvalue weighted by atomic mass is 32.1. The van der Waals surface area contributed by atoms with Crippen LogP contribution in [0.5, 0.6) is 0 Å². The van der Waals surface area contributed by atoms with E-state index in [2.05, 4.69) is 10.3 Å². The van der Waals surface area contributed by atoms with E-state index in [1.807, 2.05) is 5.38 Å². The second-order valence-electron chi connectivity index (χ2n) is 1.76. The Morgan fingerprint density at radius 3 is 3.30 bits per heavy atom. The Hall–Kier alpha value is -0.610. The van der Waals surface area contributed by atoms with Gasteiger partial charge >= 0.3 is 0 Å². The number of ether oxygens (including phenoxy) is 1. The van der Waals surface area contributed by atoms with Gasteiger partial charge in [0.2, 0.25) is 0 Å². The molecular weight excluding hydrogens is 148 g/mol. The molecule has 0 saturated heterocycles. The van der Waals surface area contributed by atoms with Crippen molar-refractivity contribution in [2.24, 2.45) is 0 Å². The summed E-state index contributed by atoms with van der Waals surface area (Å²) >= 11 is 1.60. The highest BCUT2D eigenvalue weighted by Gasteiger charge is 1.90.